The predicted molar refractivity (Wildman–Crippen MR) is 59.5 cm³/mol. The fraction of sp³-hybridized carbons (Fsp3) is 0.0833. The van der Waals surface area contributed by atoms with E-state index < -0.39 is 11.4 Å². The minimum atomic E-state index is -1.75. The number of nitrogens with zero attached hydrogens (tertiary/aromatic N) is 1. The van der Waals surface area contributed by atoms with Gasteiger partial charge in [-0.25, -0.2) is 0 Å². The number of aromatic nitrogens is 2. The Kier molecular flexibility index (Phi) is 2.74. The number of carbonyl (C=O) groups is 2. The Morgan fingerprint density at radius 1 is 1.29 bits per heavy atom. The molecule has 1 atom stereocenters. The lowest BCUT2D eigenvalue weighted by atomic mass is 9.79. The van der Waals surface area contributed by atoms with E-state index in [-0.39, 0.29) is 5.69 Å². The van der Waals surface area contributed by atoms with E-state index in [0.717, 1.165) is 0 Å². The van der Waals surface area contributed by atoms with Crippen LogP contribution < -0.4 is 0 Å². The number of benzene rings is 1. The van der Waals surface area contributed by atoms with Gasteiger partial charge in [0, 0.05) is 6.20 Å². The Morgan fingerprint density at radius 3 is 2.47 bits per heavy atom. The van der Waals surface area contributed by atoms with E-state index >= 15 is 0 Å². The Bertz CT molecular complexity index is 522. The first-order valence-electron chi connectivity index (χ1n) is 4.97. The summed E-state index contributed by atoms with van der Waals surface area (Å²) in [6.45, 7) is 0. The molecule has 0 saturated heterocycles. The third-order valence-corrected chi connectivity index (χ3v) is 2.65. The van der Waals surface area contributed by atoms with Gasteiger partial charge < -0.3 is 9.90 Å². The number of nitrogens with one attached hydrogen (secondary N) is 1. The highest BCUT2D eigenvalue weighted by atomic mass is 16.4. The van der Waals surface area contributed by atoms with Gasteiger partial charge in [0.2, 0.25) is 0 Å². The molecule has 2 rings (SSSR count). The standard InChI is InChI=1S/C12H10N2O3/c15-8-12(11(16)17,10-6-7-13-14-10)9-4-2-1-3-5-9/h1-8H,(H,13,14)(H,16,17). The zero-order chi connectivity index (χ0) is 12.3. The average molecular weight is 230 g/mol. The Balaban J connectivity index is 2.67. The smallest absolute Gasteiger partial charge is 0.327 e. The molecular weight excluding hydrogens is 220 g/mol. The summed E-state index contributed by atoms with van der Waals surface area (Å²) in [6.07, 6.45) is 1.89. The summed E-state index contributed by atoms with van der Waals surface area (Å²) in [7, 11) is 0. The molecule has 1 aromatic carbocycles. The normalized spacial score (nSPS) is 13.9. The SMILES string of the molecule is O=CC(C(=O)O)(c1ccccc1)c1cc[nH]n1. The summed E-state index contributed by atoms with van der Waals surface area (Å²) >= 11 is 0. The topological polar surface area (TPSA) is 83.0 Å². The molecular formula is C12H10N2O3. The van der Waals surface area contributed by atoms with Crippen molar-refractivity contribution in [2.45, 2.75) is 5.41 Å². The van der Waals surface area contributed by atoms with Crippen molar-refractivity contribution in [2.75, 3.05) is 0 Å². The second-order valence-corrected chi connectivity index (χ2v) is 3.56. The number of hydrogen-bond donors (Lipinski definition) is 2. The number of rotatable bonds is 4. The van der Waals surface area contributed by atoms with Crippen molar-refractivity contribution in [1.82, 2.24) is 10.2 Å². The fourth-order valence-electron chi connectivity index (χ4n) is 1.74. The molecule has 5 nitrogen and oxygen atoms in total. The van der Waals surface area contributed by atoms with Crippen LogP contribution in [-0.2, 0) is 15.0 Å². The monoisotopic (exact) mass is 230 g/mol. The van der Waals surface area contributed by atoms with Crippen LogP contribution in [0.3, 0.4) is 0 Å². The molecule has 0 aliphatic carbocycles. The summed E-state index contributed by atoms with van der Waals surface area (Å²) < 4.78 is 0. The Morgan fingerprint density at radius 2 is 2.00 bits per heavy atom. The van der Waals surface area contributed by atoms with Crippen molar-refractivity contribution in [3.05, 3.63) is 53.9 Å². The molecule has 0 aliphatic heterocycles. The highest BCUT2D eigenvalue weighted by molar-refractivity contribution is 6.02. The first-order valence-corrected chi connectivity index (χ1v) is 4.97. The van der Waals surface area contributed by atoms with E-state index in [9.17, 15) is 14.7 Å². The van der Waals surface area contributed by atoms with Crippen LogP contribution in [0.2, 0.25) is 0 Å². The number of carboxylic acid groups (broad SMARTS) is 1. The van der Waals surface area contributed by atoms with Crippen LogP contribution in [0, 0.1) is 0 Å². The zero-order valence-electron chi connectivity index (χ0n) is 8.83. The summed E-state index contributed by atoms with van der Waals surface area (Å²) in [5, 5.41) is 15.7. The molecule has 1 aromatic heterocycles. The van der Waals surface area contributed by atoms with E-state index in [1.54, 1.807) is 30.3 Å². The number of carbonyl (C=O) groups excluding carboxylic acids is 1. The Hall–Kier alpha value is -2.43. The van der Waals surface area contributed by atoms with E-state index in [4.69, 9.17) is 0 Å². The second kappa shape index (κ2) is 4.21. The van der Waals surface area contributed by atoms with Gasteiger partial charge in [-0.15, -0.1) is 0 Å². The van der Waals surface area contributed by atoms with Crippen LogP contribution in [0.1, 0.15) is 11.3 Å². The van der Waals surface area contributed by atoms with Gasteiger partial charge in [0.15, 0.2) is 5.41 Å². The van der Waals surface area contributed by atoms with Gasteiger partial charge in [0.25, 0.3) is 0 Å². The van der Waals surface area contributed by atoms with E-state index in [1.807, 2.05) is 0 Å². The lowest BCUT2D eigenvalue weighted by Crippen LogP contribution is -2.39. The summed E-state index contributed by atoms with van der Waals surface area (Å²) in [5.41, 5.74) is -1.19. The molecule has 1 unspecified atom stereocenters. The van der Waals surface area contributed by atoms with Gasteiger partial charge in [0.1, 0.15) is 6.29 Å². The van der Waals surface area contributed by atoms with Crippen molar-refractivity contribution in [1.29, 1.82) is 0 Å². The molecule has 17 heavy (non-hydrogen) atoms. The maximum atomic E-state index is 11.5. The van der Waals surface area contributed by atoms with Crippen LogP contribution >= 0.6 is 0 Å². The highest BCUT2D eigenvalue weighted by Gasteiger charge is 2.44. The first-order chi connectivity index (χ1) is 8.21. The minimum Gasteiger partial charge on any atom is -0.480 e. The van der Waals surface area contributed by atoms with Gasteiger partial charge in [-0.3, -0.25) is 9.89 Å². The number of H-pyrrole nitrogens is 1. The van der Waals surface area contributed by atoms with Crippen LogP contribution in [0.5, 0.6) is 0 Å². The average Bonchev–Trinajstić information content (AvgIpc) is 2.86. The number of carboxylic acids is 1. The maximum Gasteiger partial charge on any atom is 0.327 e. The van der Waals surface area contributed by atoms with Crippen LogP contribution in [-0.4, -0.2) is 27.6 Å². The molecule has 86 valence electrons. The molecule has 0 fully saturated rings. The predicted octanol–water partition coefficient (Wildman–Crippen LogP) is 0.979. The van der Waals surface area contributed by atoms with Gasteiger partial charge in [-0.05, 0) is 11.6 Å². The third kappa shape index (κ3) is 1.61. The summed E-state index contributed by atoms with van der Waals surface area (Å²) in [6, 6.07) is 9.79. The van der Waals surface area contributed by atoms with E-state index in [1.165, 1.54) is 12.3 Å². The number of hydrogen-bond acceptors (Lipinski definition) is 3. The largest absolute Gasteiger partial charge is 0.480 e. The number of aromatic amines is 1. The molecule has 1 heterocycles. The molecule has 0 aliphatic rings. The van der Waals surface area contributed by atoms with Crippen molar-refractivity contribution in [2.24, 2.45) is 0 Å². The molecule has 5 heteroatoms. The Labute approximate surface area is 97.1 Å². The fourth-order valence-corrected chi connectivity index (χ4v) is 1.74. The lowest BCUT2D eigenvalue weighted by Gasteiger charge is -2.21. The van der Waals surface area contributed by atoms with Crippen molar-refractivity contribution in [3.8, 4) is 0 Å². The number of aldehydes is 1. The zero-order valence-corrected chi connectivity index (χ0v) is 8.83. The highest BCUT2D eigenvalue weighted by Crippen LogP contribution is 2.29. The van der Waals surface area contributed by atoms with Gasteiger partial charge >= 0.3 is 5.97 Å². The second-order valence-electron chi connectivity index (χ2n) is 3.56. The summed E-state index contributed by atoms with van der Waals surface area (Å²) in [5.74, 6) is -1.24. The third-order valence-electron chi connectivity index (χ3n) is 2.65. The maximum absolute atomic E-state index is 11.5. The van der Waals surface area contributed by atoms with Gasteiger partial charge in [-0.2, -0.15) is 5.10 Å². The van der Waals surface area contributed by atoms with Gasteiger partial charge in [-0.1, -0.05) is 30.3 Å². The lowest BCUT2D eigenvalue weighted by molar-refractivity contribution is -0.144. The molecule has 0 amide bonds. The molecule has 0 saturated carbocycles. The van der Waals surface area contributed by atoms with E-state index in [0.29, 0.717) is 11.8 Å². The van der Waals surface area contributed by atoms with E-state index in [2.05, 4.69) is 10.2 Å². The number of aliphatic carboxylic acids is 1. The molecule has 2 N–H and O–H groups in total. The quantitative estimate of drug-likeness (QED) is 0.605. The van der Waals surface area contributed by atoms with Crippen molar-refractivity contribution < 1.29 is 14.7 Å². The van der Waals surface area contributed by atoms with Crippen LogP contribution in [0.15, 0.2) is 42.6 Å². The van der Waals surface area contributed by atoms with Crippen molar-refractivity contribution >= 4 is 12.3 Å². The summed E-state index contributed by atoms with van der Waals surface area (Å²) in [4.78, 5) is 22.8. The molecule has 0 radical (unpaired) electrons. The first kappa shape index (κ1) is 11.1. The molecule has 2 aromatic rings. The molecule has 0 spiro atoms. The molecule has 0 bridgehead atoms. The van der Waals surface area contributed by atoms with Crippen LogP contribution in [0.4, 0.5) is 0 Å². The van der Waals surface area contributed by atoms with Crippen molar-refractivity contribution in [3.63, 3.8) is 0 Å². The van der Waals surface area contributed by atoms with Gasteiger partial charge in [0.05, 0.1) is 5.69 Å². The van der Waals surface area contributed by atoms with Crippen LogP contribution in [0.25, 0.3) is 0 Å². The minimum absolute atomic E-state index is 0.172.